The molecule has 0 radical (unpaired) electrons. The van der Waals surface area contributed by atoms with Gasteiger partial charge in [0.1, 0.15) is 5.75 Å². The number of rotatable bonds is 4. The Morgan fingerprint density at radius 2 is 2.00 bits per heavy atom. The SMILES string of the molecule is COc1ccc(-c2nc(C3CC(=O)N(c4cc(Cl)ccc4C)C3)no2)cc1. The van der Waals surface area contributed by atoms with E-state index in [2.05, 4.69) is 10.1 Å². The van der Waals surface area contributed by atoms with Crippen molar-refractivity contribution in [1.29, 1.82) is 0 Å². The van der Waals surface area contributed by atoms with E-state index in [9.17, 15) is 4.79 Å². The summed E-state index contributed by atoms with van der Waals surface area (Å²) in [7, 11) is 1.62. The minimum atomic E-state index is -0.119. The fourth-order valence-corrected chi connectivity index (χ4v) is 3.40. The highest BCUT2D eigenvalue weighted by Gasteiger charge is 2.35. The minimum Gasteiger partial charge on any atom is -0.497 e. The molecule has 138 valence electrons. The lowest BCUT2D eigenvalue weighted by molar-refractivity contribution is -0.117. The van der Waals surface area contributed by atoms with E-state index in [1.54, 1.807) is 12.0 Å². The topological polar surface area (TPSA) is 68.5 Å². The molecule has 27 heavy (non-hydrogen) atoms. The molecule has 0 N–H and O–H groups in total. The lowest BCUT2D eigenvalue weighted by atomic mass is 10.1. The second-order valence-electron chi connectivity index (χ2n) is 6.52. The lowest BCUT2D eigenvalue weighted by Crippen LogP contribution is -2.25. The summed E-state index contributed by atoms with van der Waals surface area (Å²) in [5.74, 6) is 1.63. The van der Waals surface area contributed by atoms with Crippen LogP contribution in [-0.4, -0.2) is 29.7 Å². The summed E-state index contributed by atoms with van der Waals surface area (Å²) in [6.45, 7) is 2.46. The van der Waals surface area contributed by atoms with Gasteiger partial charge in [0.05, 0.1) is 7.11 Å². The van der Waals surface area contributed by atoms with Gasteiger partial charge in [0.15, 0.2) is 5.82 Å². The monoisotopic (exact) mass is 383 g/mol. The molecule has 0 saturated carbocycles. The average molecular weight is 384 g/mol. The van der Waals surface area contributed by atoms with Crippen LogP contribution in [0.1, 0.15) is 23.7 Å². The molecule has 7 heteroatoms. The van der Waals surface area contributed by atoms with Crippen LogP contribution in [0, 0.1) is 6.92 Å². The highest BCUT2D eigenvalue weighted by molar-refractivity contribution is 6.31. The average Bonchev–Trinajstić information content (AvgIpc) is 3.31. The van der Waals surface area contributed by atoms with Gasteiger partial charge in [-0.15, -0.1) is 0 Å². The van der Waals surface area contributed by atoms with E-state index < -0.39 is 0 Å². The minimum absolute atomic E-state index is 0.0289. The molecule has 1 atom stereocenters. The third-order valence-corrected chi connectivity index (χ3v) is 4.97. The number of halogens is 1. The van der Waals surface area contributed by atoms with E-state index >= 15 is 0 Å². The Kier molecular flexibility index (Phi) is 4.58. The lowest BCUT2D eigenvalue weighted by Gasteiger charge is -2.19. The molecular weight excluding hydrogens is 366 g/mol. The number of ether oxygens (including phenoxy) is 1. The first-order valence-corrected chi connectivity index (χ1v) is 8.97. The Morgan fingerprint density at radius 3 is 2.74 bits per heavy atom. The molecule has 3 aromatic rings. The Morgan fingerprint density at radius 1 is 1.22 bits per heavy atom. The normalized spacial score (nSPS) is 16.8. The number of aromatic nitrogens is 2. The number of amides is 1. The highest BCUT2D eigenvalue weighted by Crippen LogP contribution is 2.34. The van der Waals surface area contributed by atoms with Crippen LogP contribution in [0.25, 0.3) is 11.5 Å². The molecule has 2 heterocycles. The maximum Gasteiger partial charge on any atom is 0.257 e. The van der Waals surface area contributed by atoms with Crippen molar-refractivity contribution in [2.24, 2.45) is 0 Å². The van der Waals surface area contributed by atoms with Gasteiger partial charge in [-0.1, -0.05) is 22.8 Å². The van der Waals surface area contributed by atoms with Gasteiger partial charge < -0.3 is 14.2 Å². The van der Waals surface area contributed by atoms with Crippen LogP contribution in [0.15, 0.2) is 47.0 Å². The first-order chi connectivity index (χ1) is 13.0. The first kappa shape index (κ1) is 17.5. The Hall–Kier alpha value is -2.86. The Balaban J connectivity index is 1.56. The number of hydrogen-bond acceptors (Lipinski definition) is 5. The Labute approximate surface area is 161 Å². The fraction of sp³-hybridized carbons (Fsp3) is 0.250. The van der Waals surface area contributed by atoms with Crippen LogP contribution in [0.3, 0.4) is 0 Å². The van der Waals surface area contributed by atoms with Crippen molar-refractivity contribution in [1.82, 2.24) is 10.1 Å². The molecule has 6 nitrogen and oxygen atoms in total. The number of aryl methyl sites for hydroxylation is 1. The van der Waals surface area contributed by atoms with Gasteiger partial charge in [-0.05, 0) is 48.9 Å². The first-order valence-electron chi connectivity index (χ1n) is 8.59. The van der Waals surface area contributed by atoms with Gasteiger partial charge in [0.25, 0.3) is 5.89 Å². The molecule has 2 aromatic carbocycles. The predicted molar refractivity (Wildman–Crippen MR) is 102 cm³/mol. The summed E-state index contributed by atoms with van der Waals surface area (Å²) in [4.78, 5) is 18.8. The predicted octanol–water partition coefficient (Wildman–Crippen LogP) is 4.23. The summed E-state index contributed by atoms with van der Waals surface area (Å²) in [5.41, 5.74) is 2.63. The largest absolute Gasteiger partial charge is 0.497 e. The molecule has 1 fully saturated rings. The van der Waals surface area contributed by atoms with Crippen molar-refractivity contribution in [2.45, 2.75) is 19.3 Å². The molecule has 0 aliphatic carbocycles. The van der Waals surface area contributed by atoms with E-state index in [0.717, 1.165) is 22.6 Å². The second-order valence-corrected chi connectivity index (χ2v) is 6.96. The molecule has 1 amide bonds. The number of carbonyl (C=O) groups is 1. The second kappa shape index (κ2) is 7.04. The van der Waals surface area contributed by atoms with Crippen molar-refractivity contribution in [2.75, 3.05) is 18.6 Å². The van der Waals surface area contributed by atoms with Crippen molar-refractivity contribution in [3.63, 3.8) is 0 Å². The van der Waals surface area contributed by atoms with E-state index in [0.29, 0.717) is 29.7 Å². The highest BCUT2D eigenvalue weighted by atomic mass is 35.5. The summed E-state index contributed by atoms with van der Waals surface area (Å²) >= 11 is 6.10. The van der Waals surface area contributed by atoms with Gasteiger partial charge in [-0.2, -0.15) is 4.98 Å². The van der Waals surface area contributed by atoms with Crippen LogP contribution in [-0.2, 0) is 4.79 Å². The maximum atomic E-state index is 12.6. The molecule has 1 aliphatic heterocycles. The maximum absolute atomic E-state index is 12.6. The third-order valence-electron chi connectivity index (χ3n) is 4.73. The van der Waals surface area contributed by atoms with E-state index in [4.69, 9.17) is 20.9 Å². The van der Waals surface area contributed by atoms with Crippen LogP contribution in [0.4, 0.5) is 5.69 Å². The zero-order valence-corrected chi connectivity index (χ0v) is 15.7. The molecule has 1 aromatic heterocycles. The summed E-state index contributed by atoms with van der Waals surface area (Å²) in [5, 5.41) is 4.70. The van der Waals surface area contributed by atoms with Crippen LogP contribution in [0.5, 0.6) is 5.75 Å². The molecule has 1 saturated heterocycles. The zero-order chi connectivity index (χ0) is 19.0. The quantitative estimate of drug-likeness (QED) is 0.674. The summed E-state index contributed by atoms with van der Waals surface area (Å²) < 4.78 is 10.6. The van der Waals surface area contributed by atoms with E-state index in [1.165, 1.54) is 0 Å². The number of nitrogens with zero attached hydrogens (tertiary/aromatic N) is 3. The van der Waals surface area contributed by atoms with Gasteiger partial charge >= 0.3 is 0 Å². The number of anilines is 1. The summed E-state index contributed by atoms with van der Waals surface area (Å²) in [6, 6.07) is 12.9. The Bertz CT molecular complexity index is 984. The zero-order valence-electron chi connectivity index (χ0n) is 15.0. The van der Waals surface area contributed by atoms with Gasteiger partial charge in [-0.25, -0.2) is 0 Å². The number of benzene rings is 2. The fourth-order valence-electron chi connectivity index (χ4n) is 3.24. The van der Waals surface area contributed by atoms with Crippen molar-refractivity contribution < 1.29 is 14.1 Å². The van der Waals surface area contributed by atoms with Crippen LogP contribution in [0.2, 0.25) is 5.02 Å². The van der Waals surface area contributed by atoms with Crippen LogP contribution < -0.4 is 9.64 Å². The molecule has 1 aliphatic rings. The van der Waals surface area contributed by atoms with Gasteiger partial charge in [-0.3, -0.25) is 4.79 Å². The third kappa shape index (κ3) is 3.40. The number of methoxy groups -OCH3 is 1. The molecule has 4 rings (SSSR count). The van der Waals surface area contributed by atoms with Gasteiger partial charge in [0, 0.05) is 35.2 Å². The van der Waals surface area contributed by atoms with Crippen LogP contribution >= 0.6 is 11.6 Å². The summed E-state index contributed by atoms with van der Waals surface area (Å²) in [6.07, 6.45) is 0.341. The molecule has 0 bridgehead atoms. The molecular formula is C20H18ClN3O3. The standard InChI is InChI=1S/C20H18ClN3O3/c1-12-3-6-15(21)10-17(12)24-11-14(9-18(24)25)19-22-20(27-23-19)13-4-7-16(26-2)8-5-13/h3-8,10,14H,9,11H2,1-2H3. The van der Waals surface area contributed by atoms with Crippen molar-refractivity contribution in [3.8, 4) is 17.2 Å². The van der Waals surface area contributed by atoms with E-state index in [-0.39, 0.29) is 11.8 Å². The molecule has 0 spiro atoms. The smallest absolute Gasteiger partial charge is 0.257 e. The molecule has 1 unspecified atom stereocenters. The van der Waals surface area contributed by atoms with Gasteiger partial charge in [0.2, 0.25) is 5.91 Å². The van der Waals surface area contributed by atoms with Crippen molar-refractivity contribution >= 4 is 23.2 Å². The van der Waals surface area contributed by atoms with E-state index in [1.807, 2.05) is 49.4 Å². The number of hydrogen-bond donors (Lipinski definition) is 0. The number of carbonyl (C=O) groups excluding carboxylic acids is 1. The van der Waals surface area contributed by atoms with Crippen molar-refractivity contribution in [3.05, 3.63) is 58.9 Å².